The first-order valence-corrected chi connectivity index (χ1v) is 5.09. The lowest BCUT2D eigenvalue weighted by Crippen LogP contribution is -2.45. The van der Waals surface area contributed by atoms with Crippen molar-refractivity contribution < 1.29 is 4.79 Å². The van der Waals surface area contributed by atoms with Crippen LogP contribution in [0.5, 0.6) is 0 Å². The molecule has 1 aliphatic heterocycles. The van der Waals surface area contributed by atoms with Crippen LogP contribution in [-0.2, 0) is 4.79 Å². The Morgan fingerprint density at radius 2 is 2.00 bits per heavy atom. The predicted octanol–water partition coefficient (Wildman–Crippen LogP) is 0.984. The van der Waals surface area contributed by atoms with Gasteiger partial charge in [-0.25, -0.2) is 0 Å². The fraction of sp³-hybridized carbons (Fsp3) is 0.900. The van der Waals surface area contributed by atoms with Crippen molar-refractivity contribution in [3.63, 3.8) is 0 Å². The van der Waals surface area contributed by atoms with E-state index < -0.39 is 0 Å². The van der Waals surface area contributed by atoms with Crippen LogP contribution in [0.15, 0.2) is 0 Å². The monoisotopic (exact) mass is 184 g/mol. The summed E-state index contributed by atoms with van der Waals surface area (Å²) < 4.78 is 0. The standard InChI is InChI=1S/C10H20N2O/c1-3-10(8-11)4-6-12(7-5-10)9(2)13/h3-8,11H2,1-2H3. The van der Waals surface area contributed by atoms with Crippen LogP contribution in [0.25, 0.3) is 0 Å². The van der Waals surface area contributed by atoms with E-state index in [4.69, 9.17) is 5.73 Å². The summed E-state index contributed by atoms with van der Waals surface area (Å²) >= 11 is 0. The number of likely N-dealkylation sites (tertiary alicyclic amines) is 1. The van der Waals surface area contributed by atoms with Crippen molar-refractivity contribution in [2.75, 3.05) is 19.6 Å². The quantitative estimate of drug-likeness (QED) is 0.695. The van der Waals surface area contributed by atoms with E-state index in [9.17, 15) is 4.79 Å². The molecule has 0 bridgehead atoms. The van der Waals surface area contributed by atoms with Crippen molar-refractivity contribution in [2.45, 2.75) is 33.1 Å². The smallest absolute Gasteiger partial charge is 0.219 e. The molecule has 1 saturated heterocycles. The molecular formula is C10H20N2O. The number of nitrogens with two attached hydrogens (primary N) is 1. The van der Waals surface area contributed by atoms with Crippen LogP contribution >= 0.6 is 0 Å². The van der Waals surface area contributed by atoms with Crippen LogP contribution in [0.1, 0.15) is 33.1 Å². The van der Waals surface area contributed by atoms with Crippen molar-refractivity contribution in [1.29, 1.82) is 0 Å². The summed E-state index contributed by atoms with van der Waals surface area (Å²) in [6.07, 6.45) is 3.27. The van der Waals surface area contributed by atoms with Gasteiger partial charge < -0.3 is 10.6 Å². The second-order valence-electron chi connectivity index (χ2n) is 4.06. The fourth-order valence-electron chi connectivity index (χ4n) is 2.00. The Kier molecular flexibility index (Phi) is 3.31. The van der Waals surface area contributed by atoms with E-state index in [-0.39, 0.29) is 5.91 Å². The van der Waals surface area contributed by atoms with Crippen LogP contribution in [-0.4, -0.2) is 30.4 Å². The predicted molar refractivity (Wildman–Crippen MR) is 53.3 cm³/mol. The van der Waals surface area contributed by atoms with E-state index in [1.54, 1.807) is 6.92 Å². The van der Waals surface area contributed by atoms with E-state index in [0.29, 0.717) is 5.41 Å². The maximum absolute atomic E-state index is 11.1. The normalized spacial score (nSPS) is 21.6. The molecule has 0 radical (unpaired) electrons. The summed E-state index contributed by atoms with van der Waals surface area (Å²) in [7, 11) is 0. The van der Waals surface area contributed by atoms with Gasteiger partial charge in [-0.15, -0.1) is 0 Å². The van der Waals surface area contributed by atoms with Gasteiger partial charge in [0.1, 0.15) is 0 Å². The zero-order chi connectivity index (χ0) is 9.90. The van der Waals surface area contributed by atoms with Crippen LogP contribution in [0.2, 0.25) is 0 Å². The number of hydrogen-bond acceptors (Lipinski definition) is 2. The molecule has 1 heterocycles. The molecule has 13 heavy (non-hydrogen) atoms. The van der Waals surface area contributed by atoms with E-state index in [2.05, 4.69) is 6.92 Å². The Morgan fingerprint density at radius 1 is 1.46 bits per heavy atom. The van der Waals surface area contributed by atoms with Gasteiger partial charge in [0.2, 0.25) is 5.91 Å². The third kappa shape index (κ3) is 2.21. The molecule has 1 rings (SSSR count). The Labute approximate surface area is 80.3 Å². The Morgan fingerprint density at radius 3 is 2.31 bits per heavy atom. The molecule has 76 valence electrons. The van der Waals surface area contributed by atoms with E-state index in [1.165, 1.54) is 0 Å². The maximum Gasteiger partial charge on any atom is 0.219 e. The lowest BCUT2D eigenvalue weighted by Gasteiger charge is -2.40. The third-order valence-corrected chi connectivity index (χ3v) is 3.45. The largest absolute Gasteiger partial charge is 0.343 e. The molecule has 1 fully saturated rings. The van der Waals surface area contributed by atoms with Crippen molar-refractivity contribution in [3.05, 3.63) is 0 Å². The second-order valence-corrected chi connectivity index (χ2v) is 4.06. The number of piperidine rings is 1. The first-order valence-electron chi connectivity index (χ1n) is 5.09. The summed E-state index contributed by atoms with van der Waals surface area (Å²) in [5.41, 5.74) is 6.08. The topological polar surface area (TPSA) is 46.3 Å². The first-order chi connectivity index (χ1) is 6.13. The molecule has 3 nitrogen and oxygen atoms in total. The Bertz CT molecular complexity index is 177. The first kappa shape index (κ1) is 10.5. The van der Waals surface area contributed by atoms with Gasteiger partial charge >= 0.3 is 0 Å². The molecular weight excluding hydrogens is 164 g/mol. The minimum absolute atomic E-state index is 0.196. The highest BCUT2D eigenvalue weighted by molar-refractivity contribution is 5.73. The molecule has 2 N–H and O–H groups in total. The van der Waals surface area contributed by atoms with Gasteiger partial charge in [0, 0.05) is 20.0 Å². The molecule has 0 unspecified atom stereocenters. The minimum atomic E-state index is 0.196. The van der Waals surface area contributed by atoms with Gasteiger partial charge in [0.05, 0.1) is 0 Å². The lowest BCUT2D eigenvalue weighted by molar-refractivity contribution is -0.131. The van der Waals surface area contributed by atoms with E-state index >= 15 is 0 Å². The number of nitrogens with zero attached hydrogens (tertiary/aromatic N) is 1. The molecule has 0 aromatic rings. The van der Waals surface area contributed by atoms with Gasteiger partial charge in [0.15, 0.2) is 0 Å². The van der Waals surface area contributed by atoms with E-state index in [1.807, 2.05) is 4.90 Å². The lowest BCUT2D eigenvalue weighted by atomic mass is 9.76. The summed E-state index contributed by atoms with van der Waals surface area (Å²) in [6, 6.07) is 0. The molecule has 1 amide bonds. The number of hydrogen-bond donors (Lipinski definition) is 1. The highest BCUT2D eigenvalue weighted by Gasteiger charge is 2.32. The van der Waals surface area contributed by atoms with Gasteiger partial charge in [0.25, 0.3) is 0 Å². The Hall–Kier alpha value is -0.570. The maximum atomic E-state index is 11.1. The van der Waals surface area contributed by atoms with Crippen LogP contribution in [0.4, 0.5) is 0 Å². The molecule has 0 aliphatic carbocycles. The number of carbonyl (C=O) groups is 1. The minimum Gasteiger partial charge on any atom is -0.343 e. The summed E-state index contributed by atoms with van der Waals surface area (Å²) in [6.45, 7) is 6.37. The number of rotatable bonds is 2. The van der Waals surface area contributed by atoms with Gasteiger partial charge in [-0.2, -0.15) is 0 Å². The highest BCUT2D eigenvalue weighted by atomic mass is 16.2. The van der Waals surface area contributed by atoms with Gasteiger partial charge in [-0.3, -0.25) is 4.79 Å². The van der Waals surface area contributed by atoms with Crippen molar-refractivity contribution >= 4 is 5.91 Å². The zero-order valence-corrected chi connectivity index (χ0v) is 8.68. The van der Waals surface area contributed by atoms with Crippen LogP contribution < -0.4 is 5.73 Å². The van der Waals surface area contributed by atoms with Gasteiger partial charge in [-0.05, 0) is 31.2 Å². The molecule has 0 atom stereocenters. The molecule has 3 heteroatoms. The summed E-state index contributed by atoms with van der Waals surface area (Å²) in [5.74, 6) is 0.196. The fourth-order valence-corrected chi connectivity index (χ4v) is 2.00. The Balaban J connectivity index is 2.50. The number of amides is 1. The van der Waals surface area contributed by atoms with Crippen molar-refractivity contribution in [1.82, 2.24) is 4.90 Å². The number of carbonyl (C=O) groups excluding carboxylic acids is 1. The average molecular weight is 184 g/mol. The summed E-state index contributed by atoms with van der Waals surface area (Å²) in [5, 5.41) is 0. The van der Waals surface area contributed by atoms with Crippen LogP contribution in [0, 0.1) is 5.41 Å². The SMILES string of the molecule is CCC1(CN)CCN(C(C)=O)CC1. The zero-order valence-electron chi connectivity index (χ0n) is 8.68. The molecule has 0 aromatic heterocycles. The second kappa shape index (κ2) is 4.09. The highest BCUT2D eigenvalue weighted by Crippen LogP contribution is 2.33. The summed E-state index contributed by atoms with van der Waals surface area (Å²) in [4.78, 5) is 13.0. The molecule has 1 aliphatic rings. The average Bonchev–Trinajstić information content (AvgIpc) is 2.18. The van der Waals surface area contributed by atoms with Gasteiger partial charge in [-0.1, -0.05) is 6.92 Å². The third-order valence-electron chi connectivity index (χ3n) is 3.45. The van der Waals surface area contributed by atoms with Crippen molar-refractivity contribution in [2.24, 2.45) is 11.1 Å². The molecule has 0 spiro atoms. The van der Waals surface area contributed by atoms with Crippen molar-refractivity contribution in [3.8, 4) is 0 Å². The van der Waals surface area contributed by atoms with E-state index in [0.717, 1.165) is 38.9 Å². The molecule has 0 saturated carbocycles. The van der Waals surface area contributed by atoms with Crippen LogP contribution in [0.3, 0.4) is 0 Å². The molecule has 0 aromatic carbocycles.